The molecule has 0 aliphatic heterocycles. The first-order chi connectivity index (χ1) is 9.43. The lowest BCUT2D eigenvalue weighted by atomic mass is 10.2. The van der Waals surface area contributed by atoms with Gasteiger partial charge in [-0.2, -0.15) is 0 Å². The van der Waals surface area contributed by atoms with Crippen LogP contribution in [0.4, 0.5) is 10.5 Å². The average molecular weight is 392 g/mol. The number of aromatic carboxylic acids is 1. The van der Waals surface area contributed by atoms with Crippen molar-refractivity contribution >= 4 is 40.3 Å². The van der Waals surface area contributed by atoms with Crippen molar-refractivity contribution in [3.05, 3.63) is 27.3 Å². The van der Waals surface area contributed by atoms with E-state index in [-0.39, 0.29) is 17.3 Å². The number of nitrogens with one attached hydrogen (secondary N) is 2. The molecule has 7 heteroatoms. The maximum Gasteiger partial charge on any atom is 0.337 e. The Labute approximate surface area is 131 Å². The maximum absolute atomic E-state index is 11.8. The number of anilines is 1. The number of halogens is 1. The Morgan fingerprint density at radius 3 is 2.75 bits per heavy atom. The van der Waals surface area contributed by atoms with Crippen molar-refractivity contribution in [2.75, 3.05) is 19.0 Å². The molecule has 0 aromatic heterocycles. The van der Waals surface area contributed by atoms with Crippen LogP contribution in [0, 0.1) is 3.57 Å². The largest absolute Gasteiger partial charge is 0.478 e. The zero-order valence-corrected chi connectivity index (χ0v) is 13.4. The van der Waals surface area contributed by atoms with Gasteiger partial charge < -0.3 is 20.5 Å². The first kappa shape index (κ1) is 16.7. The van der Waals surface area contributed by atoms with Crippen molar-refractivity contribution in [2.45, 2.75) is 19.4 Å². The van der Waals surface area contributed by atoms with Crippen LogP contribution in [0.25, 0.3) is 0 Å². The van der Waals surface area contributed by atoms with Crippen molar-refractivity contribution in [3.63, 3.8) is 0 Å². The van der Waals surface area contributed by atoms with E-state index in [2.05, 4.69) is 10.6 Å². The van der Waals surface area contributed by atoms with Gasteiger partial charge in [-0.3, -0.25) is 0 Å². The fraction of sp³-hybridized carbons (Fsp3) is 0.385. The zero-order valence-electron chi connectivity index (χ0n) is 11.3. The van der Waals surface area contributed by atoms with Crippen molar-refractivity contribution < 1.29 is 19.4 Å². The highest BCUT2D eigenvalue weighted by Crippen LogP contribution is 2.18. The molecule has 3 N–H and O–H groups in total. The highest BCUT2D eigenvalue weighted by Gasteiger charge is 2.14. The SMILES string of the molecule is COCCC(C)NC(=O)Nc1ccc(I)cc1C(=O)O. The Bertz CT molecular complexity index is 493. The Hall–Kier alpha value is -1.35. The molecular formula is C13H17IN2O4. The molecule has 0 saturated heterocycles. The lowest BCUT2D eigenvalue weighted by molar-refractivity contribution is 0.0698. The van der Waals surface area contributed by atoms with Gasteiger partial charge in [0.15, 0.2) is 0 Å². The van der Waals surface area contributed by atoms with E-state index in [0.717, 1.165) is 3.57 Å². The molecule has 0 bridgehead atoms. The normalized spacial score (nSPS) is 11.8. The number of methoxy groups -OCH3 is 1. The van der Waals surface area contributed by atoms with E-state index >= 15 is 0 Å². The molecule has 1 rings (SSSR count). The predicted molar refractivity (Wildman–Crippen MR) is 84.2 cm³/mol. The van der Waals surface area contributed by atoms with Crippen LogP contribution >= 0.6 is 22.6 Å². The number of carbonyl (C=O) groups is 2. The van der Waals surface area contributed by atoms with E-state index in [4.69, 9.17) is 9.84 Å². The van der Waals surface area contributed by atoms with Crippen LogP contribution in [0.3, 0.4) is 0 Å². The fourth-order valence-corrected chi connectivity index (χ4v) is 2.04. The van der Waals surface area contributed by atoms with E-state index in [1.54, 1.807) is 19.2 Å². The van der Waals surface area contributed by atoms with Crippen LogP contribution in [-0.2, 0) is 4.74 Å². The summed E-state index contributed by atoms with van der Waals surface area (Å²) in [7, 11) is 1.59. The van der Waals surface area contributed by atoms with Gasteiger partial charge in [-0.25, -0.2) is 9.59 Å². The second-order valence-corrected chi connectivity index (χ2v) is 5.52. The highest BCUT2D eigenvalue weighted by molar-refractivity contribution is 14.1. The van der Waals surface area contributed by atoms with Crippen LogP contribution in [-0.4, -0.2) is 36.9 Å². The van der Waals surface area contributed by atoms with Gasteiger partial charge in [0.25, 0.3) is 0 Å². The van der Waals surface area contributed by atoms with Gasteiger partial charge in [-0.15, -0.1) is 0 Å². The molecule has 1 atom stereocenters. The van der Waals surface area contributed by atoms with Crippen molar-refractivity contribution in [3.8, 4) is 0 Å². The van der Waals surface area contributed by atoms with E-state index < -0.39 is 12.0 Å². The van der Waals surface area contributed by atoms with E-state index in [1.165, 1.54) is 6.07 Å². The van der Waals surface area contributed by atoms with Gasteiger partial charge >= 0.3 is 12.0 Å². The number of rotatable bonds is 6. The van der Waals surface area contributed by atoms with Crippen molar-refractivity contribution in [2.24, 2.45) is 0 Å². The topological polar surface area (TPSA) is 87.7 Å². The summed E-state index contributed by atoms with van der Waals surface area (Å²) in [6.07, 6.45) is 0.683. The van der Waals surface area contributed by atoms with E-state index in [1.807, 2.05) is 29.5 Å². The minimum Gasteiger partial charge on any atom is -0.478 e. The summed E-state index contributed by atoms with van der Waals surface area (Å²) in [5, 5.41) is 14.4. The van der Waals surface area contributed by atoms with Gasteiger partial charge in [0.2, 0.25) is 0 Å². The number of hydrogen-bond acceptors (Lipinski definition) is 3. The number of ether oxygens (including phenoxy) is 1. The second kappa shape index (κ2) is 8.05. The summed E-state index contributed by atoms with van der Waals surface area (Å²) in [6, 6.07) is 4.32. The minimum absolute atomic E-state index is 0.0629. The predicted octanol–water partition coefficient (Wildman–Crippen LogP) is 2.54. The van der Waals surface area contributed by atoms with Crippen molar-refractivity contribution in [1.29, 1.82) is 0 Å². The Balaban J connectivity index is 2.68. The number of amides is 2. The lowest BCUT2D eigenvalue weighted by Crippen LogP contribution is -2.37. The summed E-state index contributed by atoms with van der Waals surface area (Å²) in [6.45, 7) is 2.40. The number of urea groups is 1. The number of benzene rings is 1. The van der Waals surface area contributed by atoms with Gasteiger partial charge in [0.1, 0.15) is 0 Å². The third-order valence-electron chi connectivity index (χ3n) is 2.59. The first-order valence-corrected chi connectivity index (χ1v) is 7.11. The van der Waals surface area contributed by atoms with Crippen LogP contribution in [0.1, 0.15) is 23.7 Å². The summed E-state index contributed by atoms with van der Waals surface area (Å²) >= 11 is 2.02. The third kappa shape index (κ3) is 5.33. The van der Waals surface area contributed by atoms with Crippen molar-refractivity contribution in [1.82, 2.24) is 5.32 Å². The number of carboxylic acid groups (broad SMARTS) is 1. The lowest BCUT2D eigenvalue weighted by Gasteiger charge is -2.15. The molecule has 1 aromatic carbocycles. The van der Waals surface area contributed by atoms with E-state index in [9.17, 15) is 9.59 Å². The fourth-order valence-electron chi connectivity index (χ4n) is 1.55. The second-order valence-electron chi connectivity index (χ2n) is 4.28. The smallest absolute Gasteiger partial charge is 0.337 e. The molecule has 0 aliphatic rings. The molecule has 1 unspecified atom stereocenters. The average Bonchev–Trinajstić information content (AvgIpc) is 2.38. The first-order valence-electron chi connectivity index (χ1n) is 6.03. The maximum atomic E-state index is 11.8. The molecular weight excluding hydrogens is 375 g/mol. The molecule has 110 valence electrons. The molecule has 0 saturated carbocycles. The zero-order chi connectivity index (χ0) is 15.1. The van der Waals surface area contributed by atoms with Crippen LogP contribution < -0.4 is 10.6 Å². The monoisotopic (exact) mass is 392 g/mol. The molecule has 2 amide bonds. The minimum atomic E-state index is -1.08. The molecule has 0 fully saturated rings. The quantitative estimate of drug-likeness (QED) is 0.650. The molecule has 0 spiro atoms. The number of carboxylic acids is 1. The Morgan fingerprint density at radius 1 is 1.45 bits per heavy atom. The van der Waals surface area contributed by atoms with Crippen LogP contribution in [0.2, 0.25) is 0 Å². The van der Waals surface area contributed by atoms with Crippen LogP contribution in [0.15, 0.2) is 18.2 Å². The summed E-state index contributed by atoms with van der Waals surface area (Å²) < 4.78 is 5.72. The van der Waals surface area contributed by atoms with Crippen LogP contribution in [0.5, 0.6) is 0 Å². The summed E-state index contributed by atoms with van der Waals surface area (Å²) in [5.41, 5.74) is 0.339. The van der Waals surface area contributed by atoms with Gasteiger partial charge in [0, 0.05) is 23.3 Å². The molecule has 1 aromatic rings. The van der Waals surface area contributed by atoms with Gasteiger partial charge in [-0.05, 0) is 54.1 Å². The highest BCUT2D eigenvalue weighted by atomic mass is 127. The summed E-state index contributed by atoms with van der Waals surface area (Å²) in [4.78, 5) is 22.9. The third-order valence-corrected chi connectivity index (χ3v) is 3.26. The standard InChI is InChI=1S/C13H17IN2O4/c1-8(5-6-20-2)15-13(19)16-11-4-3-9(14)7-10(11)12(17)18/h3-4,7-8H,5-6H2,1-2H3,(H,17,18)(H2,15,16,19). The number of carbonyl (C=O) groups excluding carboxylic acids is 1. The number of hydrogen-bond donors (Lipinski definition) is 3. The molecule has 0 aliphatic carbocycles. The Morgan fingerprint density at radius 2 is 2.15 bits per heavy atom. The van der Waals surface area contributed by atoms with Gasteiger partial charge in [-0.1, -0.05) is 0 Å². The molecule has 6 nitrogen and oxygen atoms in total. The molecule has 20 heavy (non-hydrogen) atoms. The van der Waals surface area contributed by atoms with E-state index in [0.29, 0.717) is 13.0 Å². The summed E-state index contributed by atoms with van der Waals surface area (Å²) in [5.74, 6) is -1.08. The molecule has 0 radical (unpaired) electrons. The Kier molecular flexibility index (Phi) is 6.73. The molecule has 0 heterocycles. The van der Waals surface area contributed by atoms with Gasteiger partial charge in [0.05, 0.1) is 11.3 Å².